The number of benzene rings is 3. The van der Waals surface area contributed by atoms with Crippen LogP contribution in [-0.2, 0) is 0 Å². The molecule has 0 saturated heterocycles. The van der Waals surface area contributed by atoms with Gasteiger partial charge in [0.25, 0.3) is 0 Å². The fraction of sp³-hybridized carbons (Fsp3) is 0.286. The van der Waals surface area contributed by atoms with Crippen LogP contribution in [0.1, 0.15) is 73.4 Å². The lowest BCUT2D eigenvalue weighted by molar-refractivity contribution is 0.103. The molecular weight excluding hydrogens is 400 g/mol. The molecule has 0 bridgehead atoms. The van der Waals surface area contributed by atoms with Crippen molar-refractivity contribution < 1.29 is 19.8 Å². The topological polar surface area (TPSA) is 74.6 Å². The number of hydrogen-bond donors (Lipinski definition) is 2. The molecule has 2 N–H and O–H groups in total. The van der Waals surface area contributed by atoms with E-state index in [4.69, 9.17) is 15.0 Å². The number of ketones is 1. The molecule has 0 aliphatic heterocycles. The van der Waals surface area contributed by atoms with Gasteiger partial charge in [0, 0.05) is 11.1 Å². The molecule has 32 heavy (non-hydrogen) atoms. The molecule has 3 aromatic carbocycles. The van der Waals surface area contributed by atoms with Crippen LogP contribution in [0.15, 0.2) is 78.9 Å². The van der Waals surface area contributed by atoms with Crippen molar-refractivity contribution in [2.45, 2.75) is 51.9 Å². The van der Waals surface area contributed by atoms with Crippen molar-refractivity contribution in [2.24, 2.45) is 0 Å². The van der Waals surface area contributed by atoms with E-state index < -0.39 is 6.16 Å². The molecule has 1 unspecified atom stereocenters. The summed E-state index contributed by atoms with van der Waals surface area (Å²) in [6.45, 7) is 4.48. The molecule has 0 aromatic heterocycles. The van der Waals surface area contributed by atoms with Gasteiger partial charge in [0.05, 0.1) is 0 Å². The standard InChI is InChI=1S/C27H30O.CH2O3/c1-3-5-8-13-21(4-2)26-20-24(22-14-9-6-10-15-22)18-19-25(26)27(28)23-16-11-7-12-17-23;2-1(3)4/h6-7,9-12,14-21H,3-5,8,13H2,1-2H3;(H2,2,3,4). The monoisotopic (exact) mass is 432 g/mol. The third kappa shape index (κ3) is 7.38. The molecule has 0 heterocycles. The molecular formula is C28H32O4. The van der Waals surface area contributed by atoms with Crippen LogP contribution >= 0.6 is 0 Å². The van der Waals surface area contributed by atoms with Crippen molar-refractivity contribution >= 4 is 11.9 Å². The largest absolute Gasteiger partial charge is 0.503 e. The third-order valence-electron chi connectivity index (χ3n) is 5.53. The van der Waals surface area contributed by atoms with Gasteiger partial charge in [-0.05, 0) is 35.4 Å². The summed E-state index contributed by atoms with van der Waals surface area (Å²) < 4.78 is 0. The molecule has 1 atom stereocenters. The molecule has 3 aromatic rings. The van der Waals surface area contributed by atoms with E-state index in [9.17, 15) is 4.79 Å². The summed E-state index contributed by atoms with van der Waals surface area (Å²) in [7, 11) is 0. The second kappa shape index (κ2) is 13.1. The van der Waals surface area contributed by atoms with Gasteiger partial charge in [-0.1, -0.05) is 112 Å². The summed E-state index contributed by atoms with van der Waals surface area (Å²) in [5.74, 6) is 0.544. The minimum atomic E-state index is -1.83. The molecule has 4 nitrogen and oxygen atoms in total. The fourth-order valence-corrected chi connectivity index (χ4v) is 3.88. The first kappa shape index (κ1) is 24.9. The van der Waals surface area contributed by atoms with E-state index in [2.05, 4.69) is 50.2 Å². The molecule has 168 valence electrons. The van der Waals surface area contributed by atoms with Crippen molar-refractivity contribution in [1.82, 2.24) is 0 Å². The predicted octanol–water partition coefficient (Wildman–Crippen LogP) is 7.88. The zero-order valence-electron chi connectivity index (χ0n) is 18.8. The van der Waals surface area contributed by atoms with E-state index in [1.807, 2.05) is 42.5 Å². The lowest BCUT2D eigenvalue weighted by Crippen LogP contribution is -2.09. The molecule has 3 rings (SSSR count). The number of carbonyl (C=O) groups excluding carboxylic acids is 1. The maximum Gasteiger partial charge on any atom is 0.503 e. The molecule has 0 spiro atoms. The summed E-state index contributed by atoms with van der Waals surface area (Å²) in [6.07, 6.45) is 4.03. The number of unbranched alkanes of at least 4 members (excludes halogenated alkanes) is 2. The summed E-state index contributed by atoms with van der Waals surface area (Å²) in [6, 6.07) is 26.5. The SMILES string of the molecule is CCCCCC(CC)c1cc(-c2ccccc2)ccc1C(=O)c1ccccc1.O=C(O)O. The van der Waals surface area contributed by atoms with Crippen molar-refractivity contribution in [3.63, 3.8) is 0 Å². The van der Waals surface area contributed by atoms with E-state index in [1.54, 1.807) is 0 Å². The highest BCUT2D eigenvalue weighted by Crippen LogP contribution is 2.33. The second-order valence-electron chi connectivity index (χ2n) is 7.75. The van der Waals surface area contributed by atoms with Crippen LogP contribution < -0.4 is 0 Å². The van der Waals surface area contributed by atoms with Gasteiger partial charge in [0.1, 0.15) is 0 Å². The Kier molecular flexibility index (Phi) is 10.2. The predicted molar refractivity (Wildman–Crippen MR) is 130 cm³/mol. The Morgan fingerprint density at radius 2 is 1.38 bits per heavy atom. The smallest absolute Gasteiger partial charge is 0.450 e. The van der Waals surface area contributed by atoms with Gasteiger partial charge < -0.3 is 10.2 Å². The van der Waals surface area contributed by atoms with Crippen LogP contribution in [0.25, 0.3) is 11.1 Å². The van der Waals surface area contributed by atoms with Crippen LogP contribution in [0.5, 0.6) is 0 Å². The summed E-state index contributed by atoms with van der Waals surface area (Å²) in [4.78, 5) is 21.8. The molecule has 0 radical (unpaired) electrons. The maximum atomic E-state index is 13.3. The van der Waals surface area contributed by atoms with E-state index in [1.165, 1.54) is 36.0 Å². The van der Waals surface area contributed by atoms with Crippen LogP contribution in [0, 0.1) is 0 Å². The summed E-state index contributed by atoms with van der Waals surface area (Å²) in [5.41, 5.74) is 5.21. The van der Waals surface area contributed by atoms with E-state index in [0.717, 1.165) is 24.0 Å². The van der Waals surface area contributed by atoms with Gasteiger partial charge in [-0.3, -0.25) is 4.79 Å². The molecule has 0 aliphatic carbocycles. The van der Waals surface area contributed by atoms with E-state index in [0.29, 0.717) is 5.92 Å². The van der Waals surface area contributed by atoms with Crippen LogP contribution in [0.4, 0.5) is 4.79 Å². The highest BCUT2D eigenvalue weighted by molar-refractivity contribution is 6.10. The van der Waals surface area contributed by atoms with Crippen molar-refractivity contribution in [1.29, 1.82) is 0 Å². The normalized spacial score (nSPS) is 11.2. The highest BCUT2D eigenvalue weighted by Gasteiger charge is 2.20. The molecule has 0 fully saturated rings. The zero-order valence-corrected chi connectivity index (χ0v) is 18.8. The van der Waals surface area contributed by atoms with Crippen molar-refractivity contribution in [3.8, 4) is 11.1 Å². The maximum absolute atomic E-state index is 13.3. The van der Waals surface area contributed by atoms with E-state index in [-0.39, 0.29) is 5.78 Å². The van der Waals surface area contributed by atoms with Crippen LogP contribution in [-0.4, -0.2) is 22.2 Å². The average molecular weight is 433 g/mol. The Morgan fingerprint density at radius 1 is 0.781 bits per heavy atom. The van der Waals surface area contributed by atoms with Gasteiger partial charge in [-0.2, -0.15) is 0 Å². The minimum Gasteiger partial charge on any atom is -0.450 e. The molecule has 0 aliphatic rings. The third-order valence-corrected chi connectivity index (χ3v) is 5.53. The average Bonchev–Trinajstić information content (AvgIpc) is 2.82. The van der Waals surface area contributed by atoms with Crippen LogP contribution in [0.3, 0.4) is 0 Å². The van der Waals surface area contributed by atoms with Gasteiger partial charge >= 0.3 is 6.16 Å². The molecule has 0 saturated carbocycles. The van der Waals surface area contributed by atoms with Crippen molar-refractivity contribution in [2.75, 3.05) is 0 Å². The Morgan fingerprint density at radius 3 is 1.94 bits per heavy atom. The number of carboxylic acid groups (broad SMARTS) is 2. The van der Waals surface area contributed by atoms with Gasteiger partial charge in [0.15, 0.2) is 5.78 Å². The van der Waals surface area contributed by atoms with E-state index >= 15 is 0 Å². The Labute approximate surface area is 190 Å². The van der Waals surface area contributed by atoms with Gasteiger partial charge in [0.2, 0.25) is 0 Å². The molecule has 0 amide bonds. The minimum absolute atomic E-state index is 0.129. The number of rotatable bonds is 9. The number of carbonyl (C=O) groups is 2. The Balaban J connectivity index is 0.000000837. The summed E-state index contributed by atoms with van der Waals surface area (Å²) in [5, 5.41) is 13.9. The lowest BCUT2D eigenvalue weighted by Gasteiger charge is -2.20. The van der Waals surface area contributed by atoms with Gasteiger partial charge in [-0.15, -0.1) is 0 Å². The first-order valence-electron chi connectivity index (χ1n) is 11.2. The number of hydrogen-bond acceptors (Lipinski definition) is 2. The van der Waals surface area contributed by atoms with Crippen molar-refractivity contribution in [3.05, 3.63) is 95.6 Å². The Hall–Kier alpha value is -3.40. The van der Waals surface area contributed by atoms with Gasteiger partial charge in [-0.25, -0.2) is 4.79 Å². The zero-order chi connectivity index (χ0) is 23.3. The first-order valence-corrected chi connectivity index (χ1v) is 11.2. The lowest BCUT2D eigenvalue weighted by atomic mass is 9.83. The second-order valence-corrected chi connectivity index (χ2v) is 7.75. The summed E-state index contributed by atoms with van der Waals surface area (Å²) >= 11 is 0. The quantitative estimate of drug-likeness (QED) is 0.266. The van der Waals surface area contributed by atoms with Crippen LogP contribution in [0.2, 0.25) is 0 Å². The fourth-order valence-electron chi connectivity index (χ4n) is 3.88. The highest BCUT2D eigenvalue weighted by atomic mass is 16.6. The Bertz CT molecular complexity index is 977. The first-order chi connectivity index (χ1) is 15.5. The molecule has 4 heteroatoms.